The second kappa shape index (κ2) is 7.68. The van der Waals surface area contributed by atoms with Gasteiger partial charge in [0.1, 0.15) is 5.82 Å². The highest BCUT2D eigenvalue weighted by molar-refractivity contribution is 5.60. The van der Waals surface area contributed by atoms with Crippen molar-refractivity contribution in [1.29, 1.82) is 0 Å². The van der Waals surface area contributed by atoms with Crippen LogP contribution in [0.4, 0.5) is 5.82 Å². The van der Waals surface area contributed by atoms with E-state index in [1.165, 1.54) is 5.56 Å². The molecule has 2 N–H and O–H groups in total. The summed E-state index contributed by atoms with van der Waals surface area (Å²) >= 11 is 0. The van der Waals surface area contributed by atoms with Crippen molar-refractivity contribution in [1.82, 2.24) is 20.3 Å². The number of aromatic nitrogens is 3. The Balaban J connectivity index is 1.65. The van der Waals surface area contributed by atoms with E-state index in [1.54, 1.807) is 6.20 Å². The minimum absolute atomic E-state index is 0.174. The minimum Gasteiger partial charge on any atom is -0.393 e. The molecule has 138 valence electrons. The molecule has 1 saturated heterocycles. The maximum atomic E-state index is 10.2. The number of anilines is 1. The van der Waals surface area contributed by atoms with Gasteiger partial charge in [-0.15, -0.1) is 0 Å². The normalized spacial score (nSPS) is 19.2. The third-order valence-corrected chi connectivity index (χ3v) is 5.64. The maximum Gasteiger partial charge on any atom is 0.163 e. The predicted octanol–water partition coefficient (Wildman–Crippen LogP) is 2.17. The van der Waals surface area contributed by atoms with E-state index in [-0.39, 0.29) is 6.10 Å². The number of hydrogen-bond donors (Lipinski definition) is 2. The van der Waals surface area contributed by atoms with Gasteiger partial charge >= 0.3 is 0 Å². The molecule has 4 rings (SSSR count). The number of aliphatic hydroxyl groups excluding tert-OH is 1. The van der Waals surface area contributed by atoms with E-state index in [1.807, 2.05) is 18.3 Å². The highest BCUT2D eigenvalue weighted by atomic mass is 16.3. The molecule has 1 atom stereocenters. The van der Waals surface area contributed by atoms with Crippen LogP contribution in [0.15, 0.2) is 24.5 Å². The quantitative estimate of drug-likeness (QED) is 0.878. The van der Waals surface area contributed by atoms with Crippen molar-refractivity contribution < 1.29 is 5.11 Å². The number of piperidine rings is 1. The Kier molecular flexibility index (Phi) is 5.13. The van der Waals surface area contributed by atoms with Gasteiger partial charge in [0.15, 0.2) is 5.82 Å². The van der Waals surface area contributed by atoms with Crippen LogP contribution in [0.3, 0.4) is 0 Å². The number of rotatable bonds is 4. The molecule has 6 nitrogen and oxygen atoms in total. The third-order valence-electron chi connectivity index (χ3n) is 5.64. The Morgan fingerprint density at radius 2 is 2.15 bits per heavy atom. The number of fused-ring (bicyclic) bond motifs is 1. The average molecular weight is 353 g/mol. The standard InChI is InChI=1S/C20H27N5O/c1-2-18(26)14-6-10-25(11-7-14)20-16-5-9-22-13-17(16)23-19(24-20)15-4-3-8-21-12-15/h3-4,8,12,14,18,22,26H,2,5-7,9-11,13H2,1H3. The first-order valence-corrected chi connectivity index (χ1v) is 9.70. The molecule has 1 unspecified atom stereocenters. The fourth-order valence-electron chi connectivity index (χ4n) is 4.05. The summed E-state index contributed by atoms with van der Waals surface area (Å²) in [6.45, 7) is 5.73. The summed E-state index contributed by atoms with van der Waals surface area (Å²) in [6.07, 6.45) is 7.27. The molecular formula is C20H27N5O. The lowest BCUT2D eigenvalue weighted by atomic mass is 9.89. The zero-order valence-electron chi connectivity index (χ0n) is 15.4. The third kappa shape index (κ3) is 3.44. The molecule has 0 amide bonds. The summed E-state index contributed by atoms with van der Waals surface area (Å²) < 4.78 is 0. The van der Waals surface area contributed by atoms with Gasteiger partial charge in [0.05, 0.1) is 11.8 Å². The van der Waals surface area contributed by atoms with Gasteiger partial charge in [-0.2, -0.15) is 0 Å². The van der Waals surface area contributed by atoms with Crippen LogP contribution in [0.5, 0.6) is 0 Å². The van der Waals surface area contributed by atoms with E-state index in [9.17, 15) is 5.11 Å². The summed E-state index contributed by atoms with van der Waals surface area (Å²) in [4.78, 5) is 16.4. The van der Waals surface area contributed by atoms with E-state index >= 15 is 0 Å². The Bertz CT molecular complexity index is 743. The molecule has 6 heteroatoms. The van der Waals surface area contributed by atoms with Crippen LogP contribution in [-0.2, 0) is 13.0 Å². The van der Waals surface area contributed by atoms with Gasteiger partial charge < -0.3 is 15.3 Å². The van der Waals surface area contributed by atoms with Crippen molar-refractivity contribution in [2.75, 3.05) is 24.5 Å². The van der Waals surface area contributed by atoms with Crippen molar-refractivity contribution in [3.05, 3.63) is 35.8 Å². The lowest BCUT2D eigenvalue weighted by Crippen LogP contribution is -2.39. The molecule has 0 aromatic carbocycles. The number of pyridine rings is 1. The summed E-state index contributed by atoms with van der Waals surface area (Å²) in [5.74, 6) is 2.25. The Hall–Kier alpha value is -2.05. The van der Waals surface area contributed by atoms with Crippen molar-refractivity contribution in [2.45, 2.75) is 45.3 Å². The minimum atomic E-state index is -0.174. The Morgan fingerprint density at radius 3 is 2.88 bits per heavy atom. The molecule has 0 bridgehead atoms. The van der Waals surface area contributed by atoms with Gasteiger partial charge in [-0.3, -0.25) is 4.98 Å². The van der Waals surface area contributed by atoms with Crippen LogP contribution >= 0.6 is 0 Å². The van der Waals surface area contributed by atoms with Gasteiger partial charge in [-0.05, 0) is 50.3 Å². The monoisotopic (exact) mass is 353 g/mol. The van der Waals surface area contributed by atoms with Crippen LogP contribution in [-0.4, -0.2) is 45.8 Å². The molecule has 0 aliphatic carbocycles. The molecule has 0 spiro atoms. The van der Waals surface area contributed by atoms with Crippen LogP contribution in [0.2, 0.25) is 0 Å². The van der Waals surface area contributed by atoms with Gasteiger partial charge in [0, 0.05) is 43.2 Å². The zero-order valence-corrected chi connectivity index (χ0v) is 15.4. The summed E-state index contributed by atoms with van der Waals surface area (Å²) in [5, 5.41) is 13.6. The summed E-state index contributed by atoms with van der Waals surface area (Å²) in [6, 6.07) is 3.94. The molecule has 2 aliphatic heterocycles. The smallest absolute Gasteiger partial charge is 0.163 e. The first-order chi connectivity index (χ1) is 12.8. The fraction of sp³-hybridized carbons (Fsp3) is 0.550. The zero-order chi connectivity index (χ0) is 17.9. The number of aliphatic hydroxyl groups is 1. The Morgan fingerprint density at radius 1 is 1.31 bits per heavy atom. The van der Waals surface area contributed by atoms with Crippen LogP contribution in [0, 0.1) is 5.92 Å². The predicted molar refractivity (Wildman–Crippen MR) is 102 cm³/mol. The number of hydrogen-bond acceptors (Lipinski definition) is 6. The lowest BCUT2D eigenvalue weighted by molar-refractivity contribution is 0.0892. The van der Waals surface area contributed by atoms with Gasteiger partial charge in [0.2, 0.25) is 0 Å². The van der Waals surface area contributed by atoms with Crippen LogP contribution in [0.1, 0.15) is 37.4 Å². The maximum absolute atomic E-state index is 10.2. The topological polar surface area (TPSA) is 74.2 Å². The molecule has 1 fully saturated rings. The van der Waals surface area contributed by atoms with E-state index < -0.39 is 0 Å². The molecule has 0 saturated carbocycles. The molecule has 2 aromatic heterocycles. The van der Waals surface area contributed by atoms with Gasteiger partial charge in [0.25, 0.3) is 0 Å². The van der Waals surface area contributed by atoms with Crippen LogP contribution in [0.25, 0.3) is 11.4 Å². The van der Waals surface area contributed by atoms with Crippen LogP contribution < -0.4 is 10.2 Å². The highest BCUT2D eigenvalue weighted by Crippen LogP contribution is 2.31. The average Bonchev–Trinajstić information content (AvgIpc) is 2.73. The largest absolute Gasteiger partial charge is 0.393 e. The van der Waals surface area contributed by atoms with Crippen molar-refractivity contribution in [2.24, 2.45) is 5.92 Å². The van der Waals surface area contributed by atoms with Crippen molar-refractivity contribution in [3.63, 3.8) is 0 Å². The lowest BCUT2D eigenvalue weighted by Gasteiger charge is -2.36. The molecule has 2 aliphatic rings. The summed E-state index contributed by atoms with van der Waals surface area (Å²) in [5.41, 5.74) is 3.35. The molecule has 4 heterocycles. The SMILES string of the molecule is CCC(O)C1CCN(c2nc(-c3cccnc3)nc3c2CCNC3)CC1. The Labute approximate surface area is 154 Å². The van der Waals surface area contributed by atoms with E-state index in [2.05, 4.69) is 22.1 Å². The van der Waals surface area contributed by atoms with E-state index in [4.69, 9.17) is 9.97 Å². The number of nitrogens with zero attached hydrogens (tertiary/aromatic N) is 4. The second-order valence-electron chi connectivity index (χ2n) is 7.26. The van der Waals surface area contributed by atoms with E-state index in [0.717, 1.165) is 74.8 Å². The first kappa shape index (κ1) is 17.4. The van der Waals surface area contributed by atoms with Gasteiger partial charge in [-0.1, -0.05) is 6.92 Å². The molecule has 26 heavy (non-hydrogen) atoms. The summed E-state index contributed by atoms with van der Waals surface area (Å²) in [7, 11) is 0. The van der Waals surface area contributed by atoms with Crippen molar-refractivity contribution >= 4 is 5.82 Å². The van der Waals surface area contributed by atoms with Crippen molar-refractivity contribution in [3.8, 4) is 11.4 Å². The van der Waals surface area contributed by atoms with Gasteiger partial charge in [-0.25, -0.2) is 9.97 Å². The second-order valence-corrected chi connectivity index (χ2v) is 7.26. The fourth-order valence-corrected chi connectivity index (χ4v) is 4.05. The molecule has 2 aromatic rings. The van der Waals surface area contributed by atoms with E-state index in [0.29, 0.717) is 5.92 Å². The molecular weight excluding hydrogens is 326 g/mol. The first-order valence-electron chi connectivity index (χ1n) is 9.70. The number of nitrogens with one attached hydrogen (secondary N) is 1. The highest BCUT2D eigenvalue weighted by Gasteiger charge is 2.28. The molecule has 0 radical (unpaired) electrons.